The van der Waals surface area contributed by atoms with Crippen molar-refractivity contribution in [3.05, 3.63) is 42.0 Å². The first-order valence-electron chi connectivity index (χ1n) is 14.9. The van der Waals surface area contributed by atoms with E-state index < -0.39 is 23.3 Å². The third kappa shape index (κ3) is 4.21. The molecule has 12 heteroatoms. The number of nitrogens with two attached hydrogens (primary N) is 1. The van der Waals surface area contributed by atoms with E-state index in [1.807, 2.05) is 6.07 Å². The molecule has 0 aliphatic carbocycles. The van der Waals surface area contributed by atoms with Gasteiger partial charge in [0.2, 0.25) is 0 Å². The summed E-state index contributed by atoms with van der Waals surface area (Å²) in [5.41, 5.74) is 7.08. The van der Waals surface area contributed by atoms with Crippen molar-refractivity contribution in [1.82, 2.24) is 25.2 Å². The van der Waals surface area contributed by atoms with Crippen LogP contribution < -0.4 is 20.7 Å². The van der Waals surface area contributed by atoms with Crippen LogP contribution in [0, 0.1) is 11.6 Å². The number of ether oxygens (including phenoxy) is 1. The van der Waals surface area contributed by atoms with Crippen molar-refractivity contribution in [3.8, 4) is 17.1 Å². The quantitative estimate of drug-likeness (QED) is 0.305. The standard InChI is InChI=1S/C31H32F3N7OS/c1-2-16-10-21-25(24(34)23(16)20-6-7-22(33)27-26(20)37-29(35)43-27)38-30(39-28(21)41-18-4-5-19(41)13-36-12-18)42-15-31-8-3-9-40(31)14-17(32)11-31/h2,6-7,10,17-19,36H,1,3-5,8-9,11-15H2,(H2,35,37)/t17-,18?,19?,31+/m1/s1. The van der Waals surface area contributed by atoms with E-state index >= 15 is 4.39 Å². The molecule has 224 valence electrons. The highest BCUT2D eigenvalue weighted by Gasteiger charge is 2.49. The number of hydrogen-bond acceptors (Lipinski definition) is 9. The number of nitrogen functional groups attached to an aromatic ring is 1. The maximum Gasteiger partial charge on any atom is 0.319 e. The van der Waals surface area contributed by atoms with Crippen molar-refractivity contribution in [3.63, 3.8) is 0 Å². The van der Waals surface area contributed by atoms with E-state index in [4.69, 9.17) is 15.5 Å². The fourth-order valence-corrected chi connectivity index (χ4v) is 8.64. The van der Waals surface area contributed by atoms with Gasteiger partial charge in [-0.3, -0.25) is 4.90 Å². The van der Waals surface area contributed by atoms with Crippen molar-refractivity contribution >= 4 is 49.5 Å². The van der Waals surface area contributed by atoms with Gasteiger partial charge in [0.1, 0.15) is 29.9 Å². The molecule has 0 spiro atoms. The van der Waals surface area contributed by atoms with Crippen molar-refractivity contribution < 1.29 is 17.9 Å². The first-order chi connectivity index (χ1) is 20.8. The van der Waals surface area contributed by atoms with E-state index in [1.165, 1.54) is 12.1 Å². The maximum absolute atomic E-state index is 16.9. The molecule has 4 saturated heterocycles. The molecule has 0 radical (unpaired) electrons. The molecule has 4 aliphatic heterocycles. The van der Waals surface area contributed by atoms with Gasteiger partial charge in [0.25, 0.3) is 0 Å². The molecule has 2 aromatic heterocycles. The Morgan fingerprint density at radius 1 is 1.16 bits per heavy atom. The lowest BCUT2D eigenvalue weighted by atomic mass is 9.95. The Morgan fingerprint density at radius 3 is 2.77 bits per heavy atom. The van der Waals surface area contributed by atoms with Gasteiger partial charge in [0.05, 0.1) is 15.8 Å². The molecule has 2 aromatic carbocycles. The Kier molecular flexibility index (Phi) is 6.32. The molecule has 8 nitrogen and oxygen atoms in total. The molecule has 0 amide bonds. The van der Waals surface area contributed by atoms with E-state index in [0.717, 1.165) is 56.7 Å². The summed E-state index contributed by atoms with van der Waals surface area (Å²) in [6, 6.07) is 5.17. The van der Waals surface area contributed by atoms with Crippen LogP contribution in [0.4, 0.5) is 24.1 Å². The lowest BCUT2D eigenvalue weighted by molar-refractivity contribution is 0.107. The fraction of sp³-hybridized carbons (Fsp3) is 0.452. The first kappa shape index (κ1) is 27.1. The van der Waals surface area contributed by atoms with Crippen LogP contribution in [0.3, 0.4) is 0 Å². The summed E-state index contributed by atoms with van der Waals surface area (Å²) in [5.74, 6) is -0.431. The van der Waals surface area contributed by atoms with Crippen LogP contribution in [0.15, 0.2) is 24.8 Å². The van der Waals surface area contributed by atoms with Gasteiger partial charge >= 0.3 is 6.01 Å². The number of anilines is 2. The number of nitrogens with one attached hydrogen (secondary N) is 1. The Labute approximate surface area is 250 Å². The molecule has 6 heterocycles. The minimum Gasteiger partial charge on any atom is -0.461 e. The number of benzene rings is 2. The highest BCUT2D eigenvalue weighted by atomic mass is 32.1. The van der Waals surface area contributed by atoms with Crippen molar-refractivity contribution in [2.24, 2.45) is 0 Å². The molecule has 4 atom stereocenters. The summed E-state index contributed by atoms with van der Waals surface area (Å²) in [7, 11) is 0. The molecule has 4 aromatic rings. The topological polar surface area (TPSA) is 92.4 Å². The average Bonchev–Trinajstić information content (AvgIpc) is 3.72. The van der Waals surface area contributed by atoms with Crippen molar-refractivity contribution in [1.29, 1.82) is 0 Å². The van der Waals surface area contributed by atoms with Crippen LogP contribution >= 0.6 is 11.3 Å². The summed E-state index contributed by atoms with van der Waals surface area (Å²) < 4.78 is 52.6. The Morgan fingerprint density at radius 2 is 1.98 bits per heavy atom. The SMILES string of the molecule is C=Cc1cc2c(N3C4CCC3CNC4)nc(OC[C@@]34CCCN3C[C@H](F)C4)nc2c(F)c1-c1ccc(F)c2sc(N)nc12. The second-order valence-electron chi connectivity index (χ2n) is 12.2. The zero-order chi connectivity index (χ0) is 29.5. The summed E-state index contributed by atoms with van der Waals surface area (Å²) in [5, 5.41) is 4.25. The van der Waals surface area contributed by atoms with Crippen LogP contribution in [-0.2, 0) is 0 Å². The number of rotatable bonds is 6. The van der Waals surface area contributed by atoms with Crippen LogP contribution in [0.1, 0.15) is 37.7 Å². The van der Waals surface area contributed by atoms with Crippen molar-refractivity contribution in [2.75, 3.05) is 43.4 Å². The third-order valence-corrected chi connectivity index (χ3v) is 10.7. The summed E-state index contributed by atoms with van der Waals surface area (Å²) in [6.07, 6.45) is 4.94. The van der Waals surface area contributed by atoms with Crippen molar-refractivity contribution in [2.45, 2.75) is 55.9 Å². The van der Waals surface area contributed by atoms with E-state index in [9.17, 15) is 8.78 Å². The number of alkyl halides is 1. The van der Waals surface area contributed by atoms with Gasteiger partial charge in [-0.05, 0) is 56.0 Å². The number of piperazine rings is 1. The van der Waals surface area contributed by atoms with Crippen LogP contribution in [0.5, 0.6) is 6.01 Å². The van der Waals surface area contributed by atoms with Crippen LogP contribution in [0.25, 0.3) is 38.3 Å². The van der Waals surface area contributed by atoms with E-state index in [0.29, 0.717) is 35.3 Å². The van der Waals surface area contributed by atoms with Gasteiger partial charge in [-0.1, -0.05) is 24.0 Å². The van der Waals surface area contributed by atoms with Gasteiger partial charge < -0.3 is 20.7 Å². The molecule has 4 aliphatic rings. The normalized spacial score (nSPS) is 27.0. The van der Waals surface area contributed by atoms with E-state index in [1.54, 1.807) is 6.08 Å². The number of fused-ring (bicyclic) bond motifs is 5. The minimum absolute atomic E-state index is 0.0716. The zero-order valence-corrected chi connectivity index (χ0v) is 24.4. The predicted octanol–water partition coefficient (Wildman–Crippen LogP) is 5.31. The minimum atomic E-state index is -0.891. The lowest BCUT2D eigenvalue weighted by Crippen LogP contribution is -2.52. The Bertz CT molecular complexity index is 1770. The molecular formula is C31H32F3N7OS. The molecule has 3 N–H and O–H groups in total. The van der Waals surface area contributed by atoms with Crippen LogP contribution in [0.2, 0.25) is 0 Å². The molecule has 0 saturated carbocycles. The van der Waals surface area contributed by atoms with Gasteiger partial charge in [0, 0.05) is 54.7 Å². The lowest BCUT2D eigenvalue weighted by Gasteiger charge is -2.37. The van der Waals surface area contributed by atoms with Gasteiger partial charge in [-0.25, -0.2) is 18.2 Å². The second-order valence-corrected chi connectivity index (χ2v) is 13.3. The number of hydrogen-bond donors (Lipinski definition) is 2. The monoisotopic (exact) mass is 607 g/mol. The summed E-state index contributed by atoms with van der Waals surface area (Å²) in [4.78, 5) is 18.4. The predicted molar refractivity (Wildman–Crippen MR) is 163 cm³/mol. The highest BCUT2D eigenvalue weighted by Crippen LogP contribution is 2.44. The highest BCUT2D eigenvalue weighted by molar-refractivity contribution is 7.22. The number of thiazole rings is 1. The maximum atomic E-state index is 16.9. The molecule has 2 bridgehead atoms. The Balaban J connectivity index is 1.31. The van der Waals surface area contributed by atoms with Gasteiger partial charge in [0.15, 0.2) is 10.9 Å². The van der Waals surface area contributed by atoms with Gasteiger partial charge in [-0.2, -0.15) is 9.97 Å². The van der Waals surface area contributed by atoms with Crippen LogP contribution in [-0.4, -0.2) is 76.4 Å². The second kappa shape index (κ2) is 10.0. The Hall–Kier alpha value is -3.48. The molecule has 8 rings (SSSR count). The smallest absolute Gasteiger partial charge is 0.319 e. The molecule has 43 heavy (non-hydrogen) atoms. The summed E-state index contributed by atoms with van der Waals surface area (Å²) in [6.45, 7) is 7.08. The third-order valence-electron chi connectivity index (χ3n) is 9.78. The molecule has 2 unspecified atom stereocenters. The number of nitrogens with zero attached hydrogens (tertiary/aromatic N) is 5. The number of halogens is 3. The largest absolute Gasteiger partial charge is 0.461 e. The van der Waals surface area contributed by atoms with E-state index in [-0.39, 0.29) is 51.1 Å². The zero-order valence-electron chi connectivity index (χ0n) is 23.6. The fourth-order valence-electron chi connectivity index (χ4n) is 7.87. The van der Waals surface area contributed by atoms with Gasteiger partial charge in [-0.15, -0.1) is 0 Å². The molecular weight excluding hydrogens is 575 g/mol. The molecule has 4 fully saturated rings. The van der Waals surface area contributed by atoms with E-state index in [2.05, 4.69) is 31.7 Å². The first-order valence-corrected chi connectivity index (χ1v) is 15.7. The average molecular weight is 608 g/mol. The number of aromatic nitrogens is 3. The summed E-state index contributed by atoms with van der Waals surface area (Å²) >= 11 is 1.02.